The highest BCUT2D eigenvalue weighted by atomic mass is 16.5. The lowest BCUT2D eigenvalue weighted by Crippen LogP contribution is -2.32. The average Bonchev–Trinajstić information content (AvgIpc) is 2.34. The normalized spacial score (nSPS) is 9.47. The van der Waals surface area contributed by atoms with E-state index < -0.39 is 0 Å². The summed E-state index contributed by atoms with van der Waals surface area (Å²) in [5.41, 5.74) is 1.15. The minimum absolute atomic E-state index is 0.00495. The molecule has 0 aliphatic rings. The number of rotatable bonds is 5. The Morgan fingerprint density at radius 1 is 1.41 bits per heavy atom. The molecule has 1 rings (SSSR count). The third kappa shape index (κ3) is 4.56. The summed E-state index contributed by atoms with van der Waals surface area (Å²) in [5, 5.41) is 8.41. The topological polar surface area (TPSA) is 53.3 Å². The summed E-state index contributed by atoms with van der Waals surface area (Å²) in [6, 6.07) is 9.52. The Morgan fingerprint density at radius 3 is 2.65 bits per heavy atom. The fraction of sp³-hybridized carbons (Fsp3) is 0.385. The van der Waals surface area contributed by atoms with Crippen LogP contribution in [0.15, 0.2) is 24.3 Å². The van der Waals surface area contributed by atoms with Crippen molar-refractivity contribution in [3.63, 3.8) is 0 Å². The van der Waals surface area contributed by atoms with Crippen LogP contribution < -0.4 is 4.74 Å². The summed E-state index contributed by atoms with van der Waals surface area (Å²) in [7, 11) is 1.66. The van der Waals surface area contributed by atoms with Crippen LogP contribution in [0.5, 0.6) is 5.75 Å². The SMILES string of the molecule is Cc1ccc(OCC(=O)N(C)CCC#N)cc1. The van der Waals surface area contributed by atoms with Gasteiger partial charge in [0.25, 0.3) is 5.91 Å². The van der Waals surface area contributed by atoms with E-state index in [0.717, 1.165) is 5.56 Å². The van der Waals surface area contributed by atoms with Crippen LogP contribution >= 0.6 is 0 Å². The Kier molecular flexibility index (Phi) is 5.02. The van der Waals surface area contributed by atoms with E-state index in [2.05, 4.69) is 0 Å². The molecule has 4 heteroatoms. The highest BCUT2D eigenvalue weighted by Crippen LogP contribution is 2.11. The first-order chi connectivity index (χ1) is 8.13. The van der Waals surface area contributed by atoms with Gasteiger partial charge in [-0.05, 0) is 19.1 Å². The molecule has 0 fully saturated rings. The molecule has 0 heterocycles. The lowest BCUT2D eigenvalue weighted by molar-refractivity contribution is -0.131. The summed E-state index contributed by atoms with van der Waals surface area (Å²) < 4.78 is 5.35. The van der Waals surface area contributed by atoms with Crippen molar-refractivity contribution < 1.29 is 9.53 Å². The summed E-state index contributed by atoms with van der Waals surface area (Å²) in [5.74, 6) is 0.554. The monoisotopic (exact) mass is 232 g/mol. The Balaban J connectivity index is 2.37. The number of benzene rings is 1. The van der Waals surface area contributed by atoms with Crippen LogP contribution in [0.3, 0.4) is 0 Å². The molecule has 17 heavy (non-hydrogen) atoms. The molecule has 0 unspecified atom stereocenters. The number of ether oxygens (including phenoxy) is 1. The zero-order valence-corrected chi connectivity index (χ0v) is 10.1. The van der Waals surface area contributed by atoms with Crippen LogP contribution in [-0.2, 0) is 4.79 Å². The Morgan fingerprint density at radius 2 is 2.06 bits per heavy atom. The fourth-order valence-electron chi connectivity index (χ4n) is 1.23. The van der Waals surface area contributed by atoms with Gasteiger partial charge in [0.15, 0.2) is 6.61 Å². The van der Waals surface area contributed by atoms with Gasteiger partial charge in [-0.15, -0.1) is 0 Å². The average molecular weight is 232 g/mol. The largest absolute Gasteiger partial charge is 0.484 e. The van der Waals surface area contributed by atoms with Crippen molar-refractivity contribution in [1.82, 2.24) is 4.90 Å². The molecule has 0 aliphatic carbocycles. The molecule has 0 atom stereocenters. The van der Waals surface area contributed by atoms with Gasteiger partial charge in [-0.25, -0.2) is 0 Å². The van der Waals surface area contributed by atoms with E-state index in [4.69, 9.17) is 10.00 Å². The van der Waals surface area contributed by atoms with E-state index in [1.807, 2.05) is 37.3 Å². The van der Waals surface area contributed by atoms with E-state index in [1.54, 1.807) is 7.05 Å². The van der Waals surface area contributed by atoms with Gasteiger partial charge in [-0.2, -0.15) is 5.26 Å². The van der Waals surface area contributed by atoms with Gasteiger partial charge in [-0.3, -0.25) is 4.79 Å². The molecule has 0 aliphatic heterocycles. The van der Waals surface area contributed by atoms with Gasteiger partial charge < -0.3 is 9.64 Å². The van der Waals surface area contributed by atoms with Crippen molar-refractivity contribution >= 4 is 5.91 Å². The zero-order valence-electron chi connectivity index (χ0n) is 10.1. The maximum atomic E-state index is 11.6. The number of nitriles is 1. The van der Waals surface area contributed by atoms with Crippen molar-refractivity contribution in [1.29, 1.82) is 5.26 Å². The van der Waals surface area contributed by atoms with Crippen molar-refractivity contribution in [2.24, 2.45) is 0 Å². The first-order valence-corrected chi connectivity index (χ1v) is 5.44. The number of hydrogen-bond donors (Lipinski definition) is 0. The molecule has 0 bridgehead atoms. The smallest absolute Gasteiger partial charge is 0.260 e. The second kappa shape index (κ2) is 6.54. The van der Waals surface area contributed by atoms with Crippen LogP contribution in [0.1, 0.15) is 12.0 Å². The number of amides is 1. The first kappa shape index (κ1) is 13.0. The third-order valence-corrected chi connectivity index (χ3v) is 2.37. The lowest BCUT2D eigenvalue weighted by atomic mass is 10.2. The molecule has 0 saturated heterocycles. The maximum Gasteiger partial charge on any atom is 0.260 e. The number of carbonyl (C=O) groups excluding carboxylic acids is 1. The molecule has 0 spiro atoms. The van der Waals surface area contributed by atoms with Crippen molar-refractivity contribution in [3.05, 3.63) is 29.8 Å². The number of aryl methyl sites for hydroxylation is 1. The lowest BCUT2D eigenvalue weighted by Gasteiger charge is -2.15. The predicted molar refractivity (Wildman–Crippen MR) is 64.5 cm³/mol. The molecule has 1 amide bonds. The Labute approximate surface area is 101 Å². The van der Waals surface area contributed by atoms with Gasteiger partial charge in [0, 0.05) is 13.6 Å². The van der Waals surface area contributed by atoms with Crippen LogP contribution in [0.2, 0.25) is 0 Å². The second-order valence-electron chi connectivity index (χ2n) is 3.83. The molecule has 0 radical (unpaired) electrons. The van der Waals surface area contributed by atoms with Crippen LogP contribution in [0, 0.1) is 18.3 Å². The second-order valence-corrected chi connectivity index (χ2v) is 3.83. The summed E-state index contributed by atoms with van der Waals surface area (Å²) >= 11 is 0. The van der Waals surface area contributed by atoms with Gasteiger partial charge in [0.05, 0.1) is 12.5 Å². The molecule has 0 aromatic heterocycles. The zero-order chi connectivity index (χ0) is 12.7. The van der Waals surface area contributed by atoms with Crippen molar-refractivity contribution in [3.8, 4) is 11.8 Å². The highest BCUT2D eigenvalue weighted by Gasteiger charge is 2.08. The van der Waals surface area contributed by atoms with Crippen LogP contribution in [0.25, 0.3) is 0 Å². The van der Waals surface area contributed by atoms with Gasteiger partial charge in [0.1, 0.15) is 5.75 Å². The van der Waals surface area contributed by atoms with Gasteiger partial charge in [-0.1, -0.05) is 17.7 Å². The quantitative estimate of drug-likeness (QED) is 0.777. The Bertz CT molecular complexity index is 406. The minimum atomic E-state index is -0.124. The van der Waals surface area contributed by atoms with E-state index >= 15 is 0 Å². The molecule has 1 aromatic carbocycles. The van der Waals surface area contributed by atoms with E-state index in [1.165, 1.54) is 4.90 Å². The van der Waals surface area contributed by atoms with Gasteiger partial charge in [0.2, 0.25) is 0 Å². The van der Waals surface area contributed by atoms with Gasteiger partial charge >= 0.3 is 0 Å². The molecule has 0 N–H and O–H groups in total. The molecular weight excluding hydrogens is 216 g/mol. The molecule has 4 nitrogen and oxygen atoms in total. The van der Waals surface area contributed by atoms with Crippen molar-refractivity contribution in [2.45, 2.75) is 13.3 Å². The Hall–Kier alpha value is -2.02. The van der Waals surface area contributed by atoms with Crippen molar-refractivity contribution in [2.75, 3.05) is 20.2 Å². The van der Waals surface area contributed by atoms with Crippen LogP contribution in [-0.4, -0.2) is 31.0 Å². The van der Waals surface area contributed by atoms with E-state index in [-0.39, 0.29) is 12.5 Å². The molecular formula is C13H16N2O2. The standard InChI is InChI=1S/C13H16N2O2/c1-11-4-6-12(7-5-11)17-10-13(16)15(2)9-3-8-14/h4-7H,3,9-10H2,1-2H3. The summed E-state index contributed by atoms with van der Waals surface area (Å²) in [4.78, 5) is 13.1. The first-order valence-electron chi connectivity index (χ1n) is 5.44. The predicted octanol–water partition coefficient (Wildman–Crippen LogP) is 1.75. The van der Waals surface area contributed by atoms with Crippen LogP contribution in [0.4, 0.5) is 0 Å². The number of hydrogen-bond acceptors (Lipinski definition) is 3. The summed E-state index contributed by atoms with van der Waals surface area (Å²) in [6.45, 7) is 2.43. The number of nitrogens with zero attached hydrogens (tertiary/aromatic N) is 2. The summed E-state index contributed by atoms with van der Waals surface area (Å²) in [6.07, 6.45) is 0.340. The van der Waals surface area contributed by atoms with E-state index in [0.29, 0.717) is 18.7 Å². The molecule has 0 saturated carbocycles. The third-order valence-electron chi connectivity index (χ3n) is 2.37. The fourth-order valence-corrected chi connectivity index (χ4v) is 1.23. The number of carbonyl (C=O) groups is 1. The number of likely N-dealkylation sites (N-methyl/N-ethyl adjacent to an activating group) is 1. The maximum absolute atomic E-state index is 11.6. The molecule has 90 valence electrons. The van der Waals surface area contributed by atoms with E-state index in [9.17, 15) is 4.79 Å². The minimum Gasteiger partial charge on any atom is -0.484 e. The highest BCUT2D eigenvalue weighted by molar-refractivity contribution is 5.77. The molecule has 1 aromatic rings.